The highest BCUT2D eigenvalue weighted by atomic mass is 32.2. The first-order valence-electron chi connectivity index (χ1n) is 9.37. The van der Waals surface area contributed by atoms with Gasteiger partial charge in [-0.1, -0.05) is 6.42 Å². The highest BCUT2D eigenvalue weighted by Crippen LogP contribution is 2.35. The standard InChI is InChI=1S/C17H22N6O4S/c24-23(25)16-10-14(28(26,27)21-8-2-1-3-9-21)6-7-15(16)18-11-17-20-19-12-22(17)13-4-5-13/h6-7,10,12-13,18H,1-5,8-9,11H2. The molecule has 2 fully saturated rings. The fourth-order valence-electron chi connectivity index (χ4n) is 3.45. The molecule has 10 nitrogen and oxygen atoms in total. The summed E-state index contributed by atoms with van der Waals surface area (Å²) < 4.78 is 29.0. The number of nitrogens with one attached hydrogen (secondary N) is 1. The van der Waals surface area contributed by atoms with Gasteiger partial charge in [-0.25, -0.2) is 8.42 Å². The smallest absolute Gasteiger partial charge is 0.293 e. The number of piperidine rings is 1. The van der Waals surface area contributed by atoms with Crippen molar-refractivity contribution in [2.45, 2.75) is 49.6 Å². The summed E-state index contributed by atoms with van der Waals surface area (Å²) in [6.07, 6.45) is 6.44. The molecule has 11 heteroatoms. The van der Waals surface area contributed by atoms with Gasteiger partial charge in [-0.15, -0.1) is 10.2 Å². The van der Waals surface area contributed by atoms with Gasteiger partial charge >= 0.3 is 0 Å². The van der Waals surface area contributed by atoms with Crippen molar-refractivity contribution in [1.29, 1.82) is 0 Å². The summed E-state index contributed by atoms with van der Waals surface area (Å²) in [4.78, 5) is 10.9. The van der Waals surface area contributed by atoms with Crippen molar-refractivity contribution < 1.29 is 13.3 Å². The molecule has 1 aromatic carbocycles. The lowest BCUT2D eigenvalue weighted by Crippen LogP contribution is -2.35. The molecule has 2 aliphatic rings. The molecular weight excluding hydrogens is 384 g/mol. The van der Waals surface area contributed by atoms with Gasteiger partial charge in [-0.3, -0.25) is 10.1 Å². The Kier molecular flexibility index (Phi) is 5.02. The van der Waals surface area contributed by atoms with Gasteiger partial charge in [-0.05, 0) is 37.8 Å². The summed E-state index contributed by atoms with van der Waals surface area (Å²) in [5.41, 5.74) is -0.0106. The Balaban J connectivity index is 1.56. The topological polar surface area (TPSA) is 123 Å². The van der Waals surface area contributed by atoms with E-state index in [0.29, 0.717) is 25.0 Å². The van der Waals surface area contributed by atoms with Crippen LogP contribution in [0.25, 0.3) is 0 Å². The van der Waals surface area contributed by atoms with E-state index in [-0.39, 0.29) is 22.8 Å². The molecule has 150 valence electrons. The number of hydrogen-bond donors (Lipinski definition) is 1. The lowest BCUT2D eigenvalue weighted by Gasteiger charge is -2.25. The Morgan fingerprint density at radius 3 is 2.64 bits per heavy atom. The van der Waals surface area contributed by atoms with Gasteiger partial charge in [0.05, 0.1) is 16.4 Å². The van der Waals surface area contributed by atoms with Crippen LogP contribution >= 0.6 is 0 Å². The minimum atomic E-state index is -3.73. The summed E-state index contributed by atoms with van der Waals surface area (Å²) in [7, 11) is -3.73. The van der Waals surface area contributed by atoms with Gasteiger partial charge in [0, 0.05) is 25.2 Å². The van der Waals surface area contributed by atoms with E-state index < -0.39 is 14.9 Å². The number of hydrogen-bond acceptors (Lipinski definition) is 7. The third-order valence-corrected chi connectivity index (χ3v) is 7.04. The summed E-state index contributed by atoms with van der Waals surface area (Å²) in [6, 6.07) is 4.41. The lowest BCUT2D eigenvalue weighted by molar-refractivity contribution is -0.384. The highest BCUT2D eigenvalue weighted by Gasteiger charge is 2.29. The molecule has 0 amide bonds. The van der Waals surface area contributed by atoms with Crippen LogP contribution in [-0.2, 0) is 16.6 Å². The van der Waals surface area contributed by atoms with Gasteiger partial charge in [0.2, 0.25) is 10.0 Å². The van der Waals surface area contributed by atoms with Crippen molar-refractivity contribution in [2.24, 2.45) is 0 Å². The number of rotatable bonds is 7. The Labute approximate surface area is 162 Å². The zero-order chi connectivity index (χ0) is 19.7. The van der Waals surface area contributed by atoms with Crippen LogP contribution in [0.1, 0.15) is 44.0 Å². The third-order valence-electron chi connectivity index (χ3n) is 5.14. The molecule has 2 aromatic rings. The summed E-state index contributed by atoms with van der Waals surface area (Å²) in [5.74, 6) is 0.696. The molecule has 4 rings (SSSR count). The van der Waals surface area contributed by atoms with Crippen LogP contribution in [0.4, 0.5) is 11.4 Å². The quantitative estimate of drug-likeness (QED) is 0.553. The molecule has 0 radical (unpaired) electrons. The van der Waals surface area contributed by atoms with Crippen LogP contribution in [0.5, 0.6) is 0 Å². The molecule has 0 bridgehead atoms. The number of sulfonamides is 1. The molecular formula is C17H22N6O4S. The SMILES string of the molecule is O=[N+]([O-])c1cc(S(=O)(=O)N2CCCCC2)ccc1NCc1nncn1C1CC1. The molecule has 1 saturated heterocycles. The van der Waals surface area contributed by atoms with E-state index in [1.165, 1.54) is 16.4 Å². The normalized spacial score (nSPS) is 18.1. The number of nitro groups is 1. The van der Waals surface area contributed by atoms with E-state index in [1.54, 1.807) is 6.33 Å². The predicted molar refractivity (Wildman–Crippen MR) is 101 cm³/mol. The first-order valence-corrected chi connectivity index (χ1v) is 10.8. The number of benzene rings is 1. The van der Waals surface area contributed by atoms with Crippen LogP contribution < -0.4 is 5.32 Å². The van der Waals surface area contributed by atoms with Gasteiger partial charge in [0.25, 0.3) is 5.69 Å². The Morgan fingerprint density at radius 2 is 1.96 bits per heavy atom. The van der Waals surface area contributed by atoms with Crippen LogP contribution in [0.3, 0.4) is 0 Å². The van der Waals surface area contributed by atoms with E-state index in [9.17, 15) is 18.5 Å². The number of anilines is 1. The van der Waals surface area contributed by atoms with E-state index >= 15 is 0 Å². The Bertz CT molecular complexity index is 979. The molecule has 0 spiro atoms. The Hall–Kier alpha value is -2.53. The molecule has 1 N–H and O–H groups in total. The zero-order valence-corrected chi connectivity index (χ0v) is 16.1. The average Bonchev–Trinajstić information content (AvgIpc) is 3.44. The van der Waals surface area contributed by atoms with Crippen LogP contribution in [0.2, 0.25) is 0 Å². The molecule has 0 unspecified atom stereocenters. The van der Waals surface area contributed by atoms with Crippen LogP contribution in [-0.4, -0.2) is 45.5 Å². The Morgan fingerprint density at radius 1 is 1.21 bits per heavy atom. The minimum Gasteiger partial charge on any atom is -0.372 e. The van der Waals surface area contributed by atoms with E-state index in [4.69, 9.17) is 0 Å². The van der Waals surface area contributed by atoms with Crippen LogP contribution in [0, 0.1) is 10.1 Å². The maximum Gasteiger partial charge on any atom is 0.293 e. The molecule has 1 saturated carbocycles. The monoisotopic (exact) mass is 406 g/mol. The fourth-order valence-corrected chi connectivity index (χ4v) is 4.99. The number of nitro benzene ring substituents is 1. The lowest BCUT2D eigenvalue weighted by atomic mass is 10.2. The molecule has 28 heavy (non-hydrogen) atoms. The average molecular weight is 406 g/mol. The molecule has 2 heterocycles. The molecule has 0 atom stereocenters. The maximum absolute atomic E-state index is 12.8. The zero-order valence-electron chi connectivity index (χ0n) is 15.3. The van der Waals surface area contributed by atoms with Gasteiger partial charge < -0.3 is 9.88 Å². The van der Waals surface area contributed by atoms with Crippen molar-refractivity contribution >= 4 is 21.4 Å². The molecule has 1 aromatic heterocycles. The van der Waals surface area contributed by atoms with Crippen molar-refractivity contribution in [3.63, 3.8) is 0 Å². The summed E-state index contributed by atoms with van der Waals surface area (Å²) in [6.45, 7) is 1.18. The molecule has 1 aliphatic heterocycles. The highest BCUT2D eigenvalue weighted by molar-refractivity contribution is 7.89. The first kappa shape index (κ1) is 18.8. The van der Waals surface area contributed by atoms with E-state index in [2.05, 4.69) is 15.5 Å². The summed E-state index contributed by atoms with van der Waals surface area (Å²) >= 11 is 0. The van der Waals surface area contributed by atoms with Gasteiger partial charge in [0.15, 0.2) is 5.82 Å². The predicted octanol–water partition coefficient (Wildman–Crippen LogP) is 2.31. The maximum atomic E-state index is 12.8. The van der Waals surface area contributed by atoms with Gasteiger partial charge in [0.1, 0.15) is 12.0 Å². The first-order chi connectivity index (χ1) is 13.5. The second kappa shape index (κ2) is 7.47. The summed E-state index contributed by atoms with van der Waals surface area (Å²) in [5, 5.41) is 22.5. The third kappa shape index (κ3) is 3.72. The van der Waals surface area contributed by atoms with Gasteiger partial charge in [-0.2, -0.15) is 4.31 Å². The number of aromatic nitrogens is 3. The van der Waals surface area contributed by atoms with Crippen molar-refractivity contribution in [3.05, 3.63) is 40.5 Å². The minimum absolute atomic E-state index is 0.0483. The second-order valence-corrected chi connectivity index (χ2v) is 9.08. The van der Waals surface area contributed by atoms with E-state index in [0.717, 1.165) is 38.2 Å². The largest absolute Gasteiger partial charge is 0.372 e. The number of nitrogens with zero attached hydrogens (tertiary/aromatic N) is 5. The van der Waals surface area contributed by atoms with Crippen LogP contribution in [0.15, 0.2) is 29.4 Å². The van der Waals surface area contributed by atoms with Crippen molar-refractivity contribution in [1.82, 2.24) is 19.1 Å². The van der Waals surface area contributed by atoms with E-state index in [1.807, 2.05) is 4.57 Å². The molecule has 1 aliphatic carbocycles. The van der Waals surface area contributed by atoms with Crippen molar-refractivity contribution in [2.75, 3.05) is 18.4 Å². The second-order valence-electron chi connectivity index (χ2n) is 7.14. The fraction of sp³-hybridized carbons (Fsp3) is 0.529. The van der Waals surface area contributed by atoms with Crippen molar-refractivity contribution in [3.8, 4) is 0 Å².